The van der Waals surface area contributed by atoms with Gasteiger partial charge in [-0.1, -0.05) is 41.9 Å². The van der Waals surface area contributed by atoms with Gasteiger partial charge in [0.15, 0.2) is 0 Å². The monoisotopic (exact) mass is 325 g/mol. The van der Waals surface area contributed by atoms with Crippen LogP contribution in [-0.4, -0.2) is 16.1 Å². The maximum Gasteiger partial charge on any atom is 0.348 e. The molecule has 2 rings (SSSR count). The van der Waals surface area contributed by atoms with Crippen molar-refractivity contribution < 1.29 is 9.90 Å². The first kappa shape index (κ1) is 13.2. The van der Waals surface area contributed by atoms with E-state index in [2.05, 4.69) is 20.9 Å². The van der Waals surface area contributed by atoms with Crippen molar-refractivity contribution in [3.05, 3.63) is 38.6 Å². The summed E-state index contributed by atoms with van der Waals surface area (Å²) in [6, 6.07) is 7.53. The minimum Gasteiger partial charge on any atom is -0.477 e. The van der Waals surface area contributed by atoms with Crippen LogP contribution in [0.25, 0.3) is 11.3 Å². The zero-order valence-corrected chi connectivity index (χ0v) is 12.4. The van der Waals surface area contributed by atoms with E-state index in [9.17, 15) is 9.90 Å². The van der Waals surface area contributed by atoms with Crippen LogP contribution in [0.15, 0.2) is 28.7 Å². The van der Waals surface area contributed by atoms with Gasteiger partial charge in [0.2, 0.25) is 0 Å². The number of hydrogen-bond acceptors (Lipinski definition) is 3. The number of nitrogens with zero attached hydrogens (tertiary/aromatic N) is 1. The third kappa shape index (κ3) is 2.62. The second kappa shape index (κ2) is 5.20. The van der Waals surface area contributed by atoms with Crippen LogP contribution in [0.3, 0.4) is 0 Å². The molecule has 0 aliphatic rings. The number of hydrogen-bond donors (Lipinski definition) is 1. The van der Waals surface area contributed by atoms with E-state index in [0.717, 1.165) is 15.0 Å². The predicted molar refractivity (Wildman–Crippen MR) is 76.3 cm³/mol. The number of rotatable bonds is 3. The predicted octanol–water partition coefficient (Wildman–Crippen LogP) is 4.39. The van der Waals surface area contributed by atoms with Crippen LogP contribution in [0.4, 0.5) is 0 Å². The molecule has 0 saturated heterocycles. The van der Waals surface area contributed by atoms with E-state index < -0.39 is 5.97 Å². The molecule has 18 heavy (non-hydrogen) atoms. The molecule has 1 aromatic carbocycles. The molecule has 0 saturated carbocycles. The van der Waals surface area contributed by atoms with Crippen LogP contribution in [0.2, 0.25) is 0 Å². The van der Waals surface area contributed by atoms with Gasteiger partial charge in [-0.05, 0) is 12.1 Å². The minimum absolute atomic E-state index is 0.231. The van der Waals surface area contributed by atoms with Gasteiger partial charge in [0.1, 0.15) is 4.88 Å². The molecular weight excluding hydrogens is 314 g/mol. The van der Waals surface area contributed by atoms with Crippen molar-refractivity contribution >= 4 is 33.2 Å². The summed E-state index contributed by atoms with van der Waals surface area (Å²) in [7, 11) is 0. The van der Waals surface area contributed by atoms with E-state index >= 15 is 0 Å². The van der Waals surface area contributed by atoms with Crippen molar-refractivity contribution in [2.24, 2.45) is 0 Å². The molecule has 0 fully saturated rings. The fraction of sp³-hybridized carbons (Fsp3) is 0.231. The zero-order valence-electron chi connectivity index (χ0n) is 9.98. The maximum absolute atomic E-state index is 11.3. The first-order valence-electron chi connectivity index (χ1n) is 5.49. The average molecular weight is 326 g/mol. The number of carboxylic acid groups (broad SMARTS) is 1. The smallest absolute Gasteiger partial charge is 0.348 e. The van der Waals surface area contributed by atoms with E-state index in [1.807, 2.05) is 38.1 Å². The van der Waals surface area contributed by atoms with Gasteiger partial charge < -0.3 is 5.11 Å². The maximum atomic E-state index is 11.3. The van der Waals surface area contributed by atoms with Crippen LogP contribution in [-0.2, 0) is 0 Å². The van der Waals surface area contributed by atoms with Crippen LogP contribution in [0.1, 0.15) is 34.4 Å². The Labute approximate surface area is 118 Å². The number of aromatic nitrogens is 1. The summed E-state index contributed by atoms with van der Waals surface area (Å²) in [5.74, 6) is -0.691. The normalized spacial score (nSPS) is 10.9. The molecule has 1 aromatic heterocycles. The fourth-order valence-electron chi connectivity index (χ4n) is 1.56. The van der Waals surface area contributed by atoms with Crippen LogP contribution >= 0.6 is 27.3 Å². The Morgan fingerprint density at radius 3 is 2.72 bits per heavy atom. The van der Waals surface area contributed by atoms with Crippen molar-refractivity contribution in [2.45, 2.75) is 19.8 Å². The number of carboxylic acids is 1. The number of aromatic carboxylic acids is 1. The zero-order chi connectivity index (χ0) is 13.3. The number of benzene rings is 1. The van der Waals surface area contributed by atoms with Gasteiger partial charge in [-0.25, -0.2) is 9.78 Å². The average Bonchev–Trinajstić information content (AvgIpc) is 2.73. The lowest BCUT2D eigenvalue weighted by atomic mass is 10.1. The molecule has 0 radical (unpaired) electrons. The summed E-state index contributed by atoms with van der Waals surface area (Å²) < 4.78 is 0.912. The Hall–Kier alpha value is -1.20. The molecule has 0 amide bonds. The van der Waals surface area contributed by atoms with E-state index in [1.54, 1.807) is 0 Å². The molecule has 0 aliphatic carbocycles. The lowest BCUT2D eigenvalue weighted by molar-refractivity contribution is 0.0702. The summed E-state index contributed by atoms with van der Waals surface area (Å²) in [6.45, 7) is 4.02. The Bertz CT molecular complexity index is 592. The molecule has 3 nitrogen and oxygen atoms in total. The molecule has 0 bridgehead atoms. The van der Waals surface area contributed by atoms with Gasteiger partial charge in [-0.3, -0.25) is 0 Å². The standard InChI is InChI=1S/C13H12BrNO2S/c1-7(2)12-15-10(11(18-12)13(16)17)8-4-3-5-9(14)6-8/h3-7H,1-2H3,(H,16,17). The molecule has 1 heterocycles. The largest absolute Gasteiger partial charge is 0.477 e. The third-order valence-electron chi connectivity index (χ3n) is 2.43. The lowest BCUT2D eigenvalue weighted by Gasteiger charge is -2.00. The van der Waals surface area contributed by atoms with E-state index in [0.29, 0.717) is 10.6 Å². The third-order valence-corrected chi connectivity index (χ3v) is 4.27. The molecule has 1 N–H and O–H groups in total. The number of carbonyl (C=O) groups is 1. The summed E-state index contributed by atoms with van der Waals surface area (Å²) in [4.78, 5) is 16.0. The Morgan fingerprint density at radius 1 is 1.44 bits per heavy atom. The van der Waals surface area contributed by atoms with Crippen LogP contribution in [0, 0.1) is 0 Å². The molecule has 2 aromatic rings. The second-order valence-electron chi connectivity index (χ2n) is 4.20. The SMILES string of the molecule is CC(C)c1nc(-c2cccc(Br)c2)c(C(=O)O)s1. The quantitative estimate of drug-likeness (QED) is 0.910. The van der Waals surface area contributed by atoms with Gasteiger partial charge in [0.25, 0.3) is 0 Å². The van der Waals surface area contributed by atoms with Gasteiger partial charge in [-0.15, -0.1) is 11.3 Å². The van der Waals surface area contributed by atoms with Gasteiger partial charge in [-0.2, -0.15) is 0 Å². The molecule has 0 unspecified atom stereocenters. The van der Waals surface area contributed by atoms with Crippen molar-refractivity contribution in [3.63, 3.8) is 0 Å². The van der Waals surface area contributed by atoms with E-state index in [-0.39, 0.29) is 5.92 Å². The van der Waals surface area contributed by atoms with Gasteiger partial charge >= 0.3 is 5.97 Å². The highest BCUT2D eigenvalue weighted by Gasteiger charge is 2.20. The van der Waals surface area contributed by atoms with Crippen molar-refractivity contribution in [1.29, 1.82) is 0 Å². The first-order chi connectivity index (χ1) is 8.49. The number of halogens is 1. The molecule has 0 spiro atoms. The van der Waals surface area contributed by atoms with Gasteiger partial charge in [0.05, 0.1) is 10.7 Å². The fourth-order valence-corrected chi connectivity index (χ4v) is 2.89. The van der Waals surface area contributed by atoms with Crippen molar-refractivity contribution in [1.82, 2.24) is 4.98 Å². The first-order valence-corrected chi connectivity index (χ1v) is 7.10. The van der Waals surface area contributed by atoms with Crippen molar-refractivity contribution in [3.8, 4) is 11.3 Å². The highest BCUT2D eigenvalue weighted by atomic mass is 79.9. The van der Waals surface area contributed by atoms with Crippen LogP contribution in [0.5, 0.6) is 0 Å². The van der Waals surface area contributed by atoms with Gasteiger partial charge in [0, 0.05) is 16.0 Å². The van der Waals surface area contributed by atoms with Crippen LogP contribution < -0.4 is 0 Å². The highest BCUT2D eigenvalue weighted by Crippen LogP contribution is 2.32. The van der Waals surface area contributed by atoms with E-state index in [1.165, 1.54) is 11.3 Å². The Balaban J connectivity index is 2.58. The van der Waals surface area contributed by atoms with E-state index in [4.69, 9.17) is 0 Å². The summed E-state index contributed by atoms with van der Waals surface area (Å²) >= 11 is 4.64. The summed E-state index contributed by atoms with van der Waals surface area (Å²) in [5, 5.41) is 10.1. The summed E-state index contributed by atoms with van der Waals surface area (Å²) in [6.07, 6.45) is 0. The lowest BCUT2D eigenvalue weighted by Crippen LogP contribution is -1.95. The van der Waals surface area contributed by atoms with Crippen molar-refractivity contribution in [2.75, 3.05) is 0 Å². The molecule has 0 atom stereocenters. The summed E-state index contributed by atoms with van der Waals surface area (Å²) in [5.41, 5.74) is 1.38. The topological polar surface area (TPSA) is 50.2 Å². The highest BCUT2D eigenvalue weighted by molar-refractivity contribution is 9.10. The minimum atomic E-state index is -0.922. The second-order valence-corrected chi connectivity index (χ2v) is 6.15. The molecule has 0 aliphatic heterocycles. The molecule has 94 valence electrons. The molecule has 5 heteroatoms. The molecular formula is C13H12BrNO2S. The number of thiazole rings is 1. The Kier molecular flexibility index (Phi) is 3.82. The Morgan fingerprint density at radius 2 is 2.17 bits per heavy atom.